The number of hydrogen-bond donors (Lipinski definition) is 1. The average molecular weight is 425 g/mol. The Hall–Kier alpha value is -2.78. The minimum Gasteiger partial charge on any atom is -1.00 e. The number of aromatic carboxylic acids is 1. The third-order valence-electron chi connectivity index (χ3n) is 5.08. The summed E-state index contributed by atoms with van der Waals surface area (Å²) in [5.74, 6) is -0.144. The Labute approximate surface area is 202 Å². The second-order valence-electron chi connectivity index (χ2n) is 7.00. The summed E-state index contributed by atoms with van der Waals surface area (Å²) in [4.78, 5) is 27.6. The number of carboxylic acid groups (broad SMARTS) is 1. The van der Waals surface area contributed by atoms with E-state index in [1.54, 1.807) is 24.4 Å². The van der Waals surface area contributed by atoms with Gasteiger partial charge in [0.2, 0.25) is 0 Å². The molecule has 152 valence electrons. The van der Waals surface area contributed by atoms with Crippen molar-refractivity contribution in [3.8, 4) is 0 Å². The normalized spacial score (nSPS) is 14.3. The molecule has 1 N–H and O–H groups in total. The number of fused-ring (bicyclic) bond motifs is 2. The first-order chi connectivity index (χ1) is 14.7. The number of pyridine rings is 1. The number of carboxylic acids is 1. The van der Waals surface area contributed by atoms with Crippen molar-refractivity contribution in [2.24, 2.45) is 0 Å². The van der Waals surface area contributed by atoms with Crippen LogP contribution in [0.2, 0.25) is 0 Å². The fraction of sp³-hybridized carbons (Fsp3) is 0.182. The fourth-order valence-corrected chi connectivity index (χ4v) is 3.63. The third kappa shape index (κ3) is 4.33. The summed E-state index contributed by atoms with van der Waals surface area (Å²) in [6.07, 6.45) is 9.15. The minimum absolute atomic E-state index is 0. The largest absolute Gasteiger partial charge is 1.00 e. The first-order valence-electron chi connectivity index (χ1n) is 9.66. The Kier molecular flexibility index (Phi) is 6.33. The molecule has 5 rings (SSSR count). The molecular weight excluding hydrogens is 405 g/mol. The van der Waals surface area contributed by atoms with Gasteiger partial charge in [-0.25, -0.2) is 19.7 Å². The number of hydrogen-bond acceptors (Lipinski definition) is 6. The van der Waals surface area contributed by atoms with Gasteiger partial charge in [-0.2, -0.15) is 0 Å². The number of nitrogens with zero attached hydrogens (tertiary/aromatic N) is 5. The smallest absolute Gasteiger partial charge is 1.00 e. The maximum absolute atomic E-state index is 11.7. The van der Waals surface area contributed by atoms with Crippen molar-refractivity contribution in [3.63, 3.8) is 0 Å². The van der Waals surface area contributed by atoms with Crippen LogP contribution in [0.25, 0.3) is 28.7 Å². The summed E-state index contributed by atoms with van der Waals surface area (Å²) >= 11 is 0. The first kappa shape index (κ1) is 21.5. The molecule has 9 heteroatoms. The Morgan fingerprint density at radius 2 is 1.90 bits per heavy atom. The topological polar surface area (TPSA) is 92.8 Å². The van der Waals surface area contributed by atoms with Crippen molar-refractivity contribution in [1.29, 1.82) is 0 Å². The van der Waals surface area contributed by atoms with E-state index in [9.17, 15) is 9.90 Å². The van der Waals surface area contributed by atoms with Crippen LogP contribution in [-0.4, -0.2) is 56.7 Å². The van der Waals surface area contributed by atoms with Crippen LogP contribution in [0.3, 0.4) is 0 Å². The number of morpholine rings is 1. The van der Waals surface area contributed by atoms with E-state index in [4.69, 9.17) is 9.72 Å². The summed E-state index contributed by atoms with van der Waals surface area (Å²) in [5.41, 5.74) is 2.95. The maximum atomic E-state index is 11.7. The maximum Gasteiger partial charge on any atom is 1.00 e. The molecule has 1 aliphatic heterocycles. The van der Waals surface area contributed by atoms with Gasteiger partial charge in [-0.15, -0.1) is 0 Å². The number of anilines is 1. The predicted molar refractivity (Wildman–Crippen MR) is 115 cm³/mol. The SMILES string of the molecule is O=C(O)c1cc(C=Cc2cn3ccnc(N4CCOCC4)c3n2)nc2ccccc12.[H-].[Na+]. The van der Waals surface area contributed by atoms with Crippen LogP contribution < -0.4 is 34.5 Å². The van der Waals surface area contributed by atoms with Gasteiger partial charge >= 0.3 is 35.5 Å². The summed E-state index contributed by atoms with van der Waals surface area (Å²) in [7, 11) is 0. The van der Waals surface area contributed by atoms with Crippen molar-refractivity contribution < 1.29 is 45.6 Å². The molecule has 4 aromatic rings. The molecule has 3 aromatic heterocycles. The molecule has 0 radical (unpaired) electrons. The Morgan fingerprint density at radius 3 is 2.71 bits per heavy atom. The quantitative estimate of drug-likeness (QED) is 0.464. The monoisotopic (exact) mass is 425 g/mol. The molecule has 1 aliphatic rings. The zero-order chi connectivity index (χ0) is 20.5. The van der Waals surface area contributed by atoms with Gasteiger partial charge in [0, 0.05) is 37.1 Å². The van der Waals surface area contributed by atoms with Gasteiger partial charge in [-0.05, 0) is 24.3 Å². The van der Waals surface area contributed by atoms with Gasteiger partial charge in [-0.1, -0.05) is 18.2 Å². The van der Waals surface area contributed by atoms with Crippen LogP contribution in [-0.2, 0) is 4.74 Å². The molecule has 0 aliphatic carbocycles. The number of rotatable bonds is 4. The van der Waals surface area contributed by atoms with Crippen molar-refractivity contribution >= 4 is 40.5 Å². The van der Waals surface area contributed by atoms with Crippen LogP contribution in [0.15, 0.2) is 48.9 Å². The van der Waals surface area contributed by atoms with E-state index >= 15 is 0 Å². The summed E-state index contributed by atoms with van der Waals surface area (Å²) in [6, 6.07) is 8.81. The molecule has 0 amide bonds. The van der Waals surface area contributed by atoms with E-state index in [1.807, 2.05) is 41.1 Å². The molecule has 1 aromatic carbocycles. The number of benzene rings is 1. The number of para-hydroxylation sites is 1. The molecule has 4 heterocycles. The van der Waals surface area contributed by atoms with Gasteiger partial charge in [0.05, 0.1) is 35.7 Å². The van der Waals surface area contributed by atoms with Gasteiger partial charge < -0.3 is 20.6 Å². The van der Waals surface area contributed by atoms with Gasteiger partial charge in [0.1, 0.15) is 0 Å². The van der Waals surface area contributed by atoms with Crippen molar-refractivity contribution in [2.45, 2.75) is 0 Å². The van der Waals surface area contributed by atoms with Crippen molar-refractivity contribution in [3.05, 3.63) is 65.9 Å². The summed E-state index contributed by atoms with van der Waals surface area (Å²) in [6.45, 7) is 2.92. The summed E-state index contributed by atoms with van der Waals surface area (Å²) < 4.78 is 7.36. The third-order valence-corrected chi connectivity index (χ3v) is 5.08. The molecule has 0 unspecified atom stereocenters. The van der Waals surface area contributed by atoms with Crippen LogP contribution in [0.4, 0.5) is 5.82 Å². The Morgan fingerprint density at radius 1 is 1.13 bits per heavy atom. The molecule has 0 spiro atoms. The molecular formula is C22H20N5NaO3. The molecule has 0 saturated carbocycles. The van der Waals surface area contributed by atoms with Crippen LogP contribution >= 0.6 is 0 Å². The second kappa shape index (κ2) is 9.15. The van der Waals surface area contributed by atoms with Crippen LogP contribution in [0.5, 0.6) is 0 Å². The van der Waals surface area contributed by atoms with E-state index in [0.29, 0.717) is 29.8 Å². The molecule has 0 atom stereocenters. The fourth-order valence-electron chi connectivity index (χ4n) is 3.63. The van der Waals surface area contributed by atoms with Crippen molar-refractivity contribution in [1.82, 2.24) is 19.4 Å². The summed E-state index contributed by atoms with van der Waals surface area (Å²) in [5, 5.41) is 10.2. The van der Waals surface area contributed by atoms with E-state index < -0.39 is 5.97 Å². The second-order valence-corrected chi connectivity index (χ2v) is 7.00. The van der Waals surface area contributed by atoms with Crippen LogP contribution in [0, 0.1) is 0 Å². The van der Waals surface area contributed by atoms with E-state index in [0.717, 1.165) is 30.2 Å². The minimum atomic E-state index is -0.975. The Bertz CT molecular complexity index is 1290. The standard InChI is InChI=1S/C22H19N5O3.Na.H/c28-22(29)18-13-15(24-19-4-2-1-3-17(18)19)5-6-16-14-27-8-7-23-20(21(27)25-16)26-9-11-30-12-10-26;;/h1-8,13-14H,9-12H2,(H,28,29);;/q;+1;-1. The Balaban J connectivity index is 0.00000144. The molecule has 31 heavy (non-hydrogen) atoms. The van der Waals surface area contributed by atoms with Gasteiger partial charge in [0.25, 0.3) is 0 Å². The molecule has 1 saturated heterocycles. The van der Waals surface area contributed by atoms with Gasteiger partial charge in [-0.3, -0.25) is 0 Å². The van der Waals surface area contributed by atoms with Crippen LogP contribution in [0.1, 0.15) is 23.2 Å². The first-order valence-corrected chi connectivity index (χ1v) is 9.66. The van der Waals surface area contributed by atoms with E-state index in [1.165, 1.54) is 0 Å². The number of aromatic nitrogens is 4. The number of imidazole rings is 1. The molecule has 1 fully saturated rings. The van der Waals surface area contributed by atoms with Crippen molar-refractivity contribution in [2.75, 3.05) is 31.2 Å². The predicted octanol–water partition coefficient (Wildman–Crippen LogP) is 0.0992. The van der Waals surface area contributed by atoms with E-state index in [-0.39, 0.29) is 36.5 Å². The zero-order valence-corrected chi connectivity index (χ0v) is 19.1. The number of carbonyl (C=O) groups is 1. The zero-order valence-electron chi connectivity index (χ0n) is 18.1. The number of ether oxygens (including phenoxy) is 1. The molecule has 8 nitrogen and oxygen atoms in total. The van der Waals surface area contributed by atoms with E-state index in [2.05, 4.69) is 14.9 Å². The molecule has 0 bridgehead atoms. The van der Waals surface area contributed by atoms with Gasteiger partial charge in [0.15, 0.2) is 11.5 Å². The average Bonchev–Trinajstić information content (AvgIpc) is 3.21.